The summed E-state index contributed by atoms with van der Waals surface area (Å²) in [7, 11) is 0. The van der Waals surface area contributed by atoms with Crippen LogP contribution in [0.5, 0.6) is 5.75 Å². The molecule has 0 aromatic carbocycles. The normalized spacial score (nSPS) is 15.9. The predicted octanol–water partition coefficient (Wildman–Crippen LogP) is 2.73. The molecule has 1 fully saturated rings. The monoisotopic (exact) mass is 219 g/mol. The third-order valence-electron chi connectivity index (χ3n) is 2.64. The molecule has 1 saturated carbocycles. The highest BCUT2D eigenvalue weighted by Crippen LogP contribution is 2.31. The van der Waals surface area contributed by atoms with Crippen LogP contribution in [0.1, 0.15) is 49.7 Å². The van der Waals surface area contributed by atoms with Gasteiger partial charge < -0.3 is 4.74 Å². The molecule has 16 heavy (non-hydrogen) atoms. The Kier molecular flexibility index (Phi) is 2.70. The van der Waals surface area contributed by atoms with Crippen LogP contribution in [0.25, 0.3) is 0 Å². The van der Waals surface area contributed by atoms with E-state index in [0.717, 1.165) is 30.4 Å². The molecule has 3 heteroatoms. The van der Waals surface area contributed by atoms with E-state index in [1.807, 2.05) is 6.07 Å². The number of carbonyl (C=O) groups excluding carboxylic acids is 1. The number of pyridine rings is 1. The fourth-order valence-electron chi connectivity index (χ4n) is 1.59. The molecule has 0 N–H and O–H groups in total. The van der Waals surface area contributed by atoms with Crippen LogP contribution in [0.3, 0.4) is 0 Å². The molecular formula is C13H17NO2. The van der Waals surface area contributed by atoms with E-state index in [0.29, 0.717) is 11.8 Å². The first-order chi connectivity index (χ1) is 7.50. The summed E-state index contributed by atoms with van der Waals surface area (Å²) in [5.41, 5.74) is 1.36. The molecule has 0 unspecified atom stereocenters. The van der Waals surface area contributed by atoms with Crippen molar-refractivity contribution in [2.45, 2.75) is 45.1 Å². The molecule has 0 amide bonds. The van der Waals surface area contributed by atoms with E-state index in [2.05, 4.69) is 25.8 Å². The molecule has 3 nitrogen and oxygen atoms in total. The zero-order valence-corrected chi connectivity index (χ0v) is 9.99. The van der Waals surface area contributed by atoms with E-state index in [9.17, 15) is 4.79 Å². The van der Waals surface area contributed by atoms with Gasteiger partial charge in [0.25, 0.3) is 0 Å². The summed E-state index contributed by atoms with van der Waals surface area (Å²) < 4.78 is 5.68. The van der Waals surface area contributed by atoms with Crippen molar-refractivity contribution in [2.75, 3.05) is 0 Å². The minimum atomic E-state index is -0.0911. The van der Waals surface area contributed by atoms with Gasteiger partial charge in [-0.2, -0.15) is 0 Å². The summed E-state index contributed by atoms with van der Waals surface area (Å²) in [5.74, 6) is 0.776. The molecule has 0 saturated heterocycles. The highest BCUT2D eigenvalue weighted by molar-refractivity contribution is 5.75. The summed E-state index contributed by atoms with van der Waals surface area (Å²) in [5, 5.41) is 0. The molecule has 0 spiro atoms. The van der Waals surface area contributed by atoms with Crippen LogP contribution < -0.4 is 4.74 Å². The number of hydrogen-bond acceptors (Lipinski definition) is 3. The van der Waals surface area contributed by atoms with Crippen molar-refractivity contribution in [3.63, 3.8) is 0 Å². The van der Waals surface area contributed by atoms with Crippen LogP contribution in [0, 0.1) is 0 Å². The van der Waals surface area contributed by atoms with Crippen molar-refractivity contribution in [1.82, 2.24) is 4.98 Å². The van der Waals surface area contributed by atoms with Gasteiger partial charge in [-0.25, -0.2) is 4.98 Å². The Morgan fingerprint density at radius 2 is 2.12 bits per heavy atom. The first-order valence-corrected chi connectivity index (χ1v) is 5.63. The number of rotatable bonds is 3. The molecule has 0 atom stereocenters. The van der Waals surface area contributed by atoms with E-state index in [1.165, 1.54) is 0 Å². The van der Waals surface area contributed by atoms with E-state index >= 15 is 0 Å². The Balaban J connectivity index is 2.33. The van der Waals surface area contributed by atoms with Crippen LogP contribution >= 0.6 is 0 Å². The van der Waals surface area contributed by atoms with E-state index in [1.54, 1.807) is 6.20 Å². The Morgan fingerprint density at radius 3 is 2.62 bits per heavy atom. The predicted molar refractivity (Wildman–Crippen MR) is 62.0 cm³/mol. The Hall–Kier alpha value is -1.38. The van der Waals surface area contributed by atoms with Gasteiger partial charge in [-0.3, -0.25) is 4.79 Å². The van der Waals surface area contributed by atoms with Crippen LogP contribution in [-0.2, 0) is 5.41 Å². The maximum Gasteiger partial charge on any atom is 0.168 e. The van der Waals surface area contributed by atoms with Crippen LogP contribution in [0.2, 0.25) is 0 Å². The topological polar surface area (TPSA) is 39.2 Å². The fourth-order valence-corrected chi connectivity index (χ4v) is 1.59. The van der Waals surface area contributed by atoms with Gasteiger partial charge in [0.2, 0.25) is 0 Å². The molecule has 1 aromatic rings. The average molecular weight is 219 g/mol. The fraction of sp³-hybridized carbons (Fsp3) is 0.538. The number of aromatic nitrogens is 1. The Morgan fingerprint density at radius 1 is 1.44 bits per heavy atom. The number of aldehydes is 1. The number of hydrogen-bond donors (Lipinski definition) is 0. The molecule has 1 aliphatic rings. The third-order valence-corrected chi connectivity index (χ3v) is 2.64. The zero-order valence-electron chi connectivity index (χ0n) is 9.99. The lowest BCUT2D eigenvalue weighted by atomic mass is 9.86. The largest absolute Gasteiger partial charge is 0.489 e. The maximum atomic E-state index is 10.9. The summed E-state index contributed by atoms with van der Waals surface area (Å²) in [6.07, 6.45) is 5.05. The smallest absolute Gasteiger partial charge is 0.168 e. The third kappa shape index (κ3) is 2.40. The van der Waals surface area contributed by atoms with Gasteiger partial charge in [0, 0.05) is 0 Å². The van der Waals surface area contributed by atoms with Gasteiger partial charge >= 0.3 is 0 Å². The second-order valence-electron chi connectivity index (χ2n) is 5.29. The molecule has 1 heterocycles. The highest BCUT2D eigenvalue weighted by Gasteiger charge is 2.25. The lowest BCUT2D eigenvalue weighted by Crippen LogP contribution is -2.15. The summed E-state index contributed by atoms with van der Waals surface area (Å²) in [4.78, 5) is 15.1. The molecule has 1 aromatic heterocycles. The van der Waals surface area contributed by atoms with E-state index < -0.39 is 0 Å². The molecule has 0 radical (unpaired) electrons. The minimum Gasteiger partial charge on any atom is -0.489 e. The van der Waals surface area contributed by atoms with Crippen LogP contribution in [0.15, 0.2) is 12.3 Å². The Labute approximate surface area is 95.8 Å². The zero-order chi connectivity index (χ0) is 11.8. The summed E-state index contributed by atoms with van der Waals surface area (Å²) in [6, 6.07) is 1.94. The number of carbonyl (C=O) groups is 1. The van der Waals surface area contributed by atoms with Gasteiger partial charge in [-0.1, -0.05) is 20.8 Å². The standard InChI is InChI=1S/C13H17NO2/c1-13(2,3)11-6-10(16-9-4-5-9)7-14-12(11)8-15/h6-9H,4-5H2,1-3H3. The first-order valence-electron chi connectivity index (χ1n) is 5.63. The van der Waals surface area contributed by atoms with Gasteiger partial charge in [-0.05, 0) is 29.9 Å². The molecule has 1 aliphatic carbocycles. The highest BCUT2D eigenvalue weighted by atomic mass is 16.5. The van der Waals surface area contributed by atoms with Crippen LogP contribution in [0.4, 0.5) is 0 Å². The van der Waals surface area contributed by atoms with Crippen molar-refractivity contribution >= 4 is 6.29 Å². The molecule has 0 bridgehead atoms. The van der Waals surface area contributed by atoms with Crippen molar-refractivity contribution in [1.29, 1.82) is 0 Å². The van der Waals surface area contributed by atoms with Crippen molar-refractivity contribution in [3.05, 3.63) is 23.5 Å². The van der Waals surface area contributed by atoms with E-state index in [-0.39, 0.29) is 5.41 Å². The van der Waals surface area contributed by atoms with Crippen molar-refractivity contribution < 1.29 is 9.53 Å². The number of nitrogens with zero attached hydrogens (tertiary/aromatic N) is 1. The Bertz CT molecular complexity index is 403. The first kappa shape index (κ1) is 11.1. The molecule has 86 valence electrons. The van der Waals surface area contributed by atoms with Crippen molar-refractivity contribution in [2.24, 2.45) is 0 Å². The number of ether oxygens (including phenoxy) is 1. The summed E-state index contributed by atoms with van der Waals surface area (Å²) in [6.45, 7) is 6.20. The molecule has 0 aliphatic heterocycles. The second-order valence-corrected chi connectivity index (χ2v) is 5.29. The molecular weight excluding hydrogens is 202 g/mol. The quantitative estimate of drug-likeness (QED) is 0.734. The van der Waals surface area contributed by atoms with Crippen LogP contribution in [-0.4, -0.2) is 17.4 Å². The second kappa shape index (κ2) is 3.89. The molecule has 2 rings (SSSR count). The van der Waals surface area contributed by atoms with Gasteiger partial charge in [0.1, 0.15) is 11.4 Å². The summed E-state index contributed by atoms with van der Waals surface area (Å²) >= 11 is 0. The lowest BCUT2D eigenvalue weighted by molar-refractivity contribution is 0.111. The van der Waals surface area contributed by atoms with Crippen molar-refractivity contribution in [3.8, 4) is 5.75 Å². The minimum absolute atomic E-state index is 0.0911. The van der Waals surface area contributed by atoms with Gasteiger partial charge in [-0.15, -0.1) is 0 Å². The van der Waals surface area contributed by atoms with Gasteiger partial charge in [0.15, 0.2) is 6.29 Å². The maximum absolute atomic E-state index is 10.9. The van der Waals surface area contributed by atoms with E-state index in [4.69, 9.17) is 4.74 Å². The van der Waals surface area contributed by atoms with Gasteiger partial charge in [0.05, 0.1) is 12.3 Å². The lowest BCUT2D eigenvalue weighted by Gasteiger charge is -2.21. The SMILES string of the molecule is CC(C)(C)c1cc(OC2CC2)cnc1C=O. The average Bonchev–Trinajstić information content (AvgIpc) is 3.00.